The summed E-state index contributed by atoms with van der Waals surface area (Å²) in [6, 6.07) is 25.8. The van der Waals surface area contributed by atoms with Crippen LogP contribution in [0.3, 0.4) is 0 Å². The van der Waals surface area contributed by atoms with Crippen LogP contribution in [0, 0.1) is 13.8 Å². The fourth-order valence-electron chi connectivity index (χ4n) is 5.20. The Labute approximate surface area is 221 Å². The van der Waals surface area contributed by atoms with Gasteiger partial charge in [-0.05, 0) is 54.7 Å². The van der Waals surface area contributed by atoms with Crippen LogP contribution in [0.5, 0.6) is 0 Å². The van der Waals surface area contributed by atoms with Gasteiger partial charge in [0, 0.05) is 26.2 Å². The van der Waals surface area contributed by atoms with Gasteiger partial charge in [-0.2, -0.15) is 0 Å². The molecule has 1 amide bonds. The lowest BCUT2D eigenvalue weighted by Crippen LogP contribution is -2.56. The van der Waals surface area contributed by atoms with Crippen molar-refractivity contribution in [1.82, 2.24) is 9.80 Å². The lowest BCUT2D eigenvalue weighted by Gasteiger charge is -2.42. The zero-order valence-electron chi connectivity index (χ0n) is 22.2. The first-order chi connectivity index (χ1) is 17.7. The average Bonchev–Trinajstić information content (AvgIpc) is 2.90. The van der Waals surface area contributed by atoms with Crippen LogP contribution in [-0.4, -0.2) is 62.6 Å². The van der Waals surface area contributed by atoms with Crippen molar-refractivity contribution in [2.45, 2.75) is 39.3 Å². The number of sulfonamides is 1. The fraction of sp³-hybridized carbons (Fsp3) is 0.367. The Bertz CT molecular complexity index is 1260. The molecule has 0 radical (unpaired) electrons. The number of carbonyl (C=O) groups is 1. The van der Waals surface area contributed by atoms with Crippen molar-refractivity contribution in [3.8, 4) is 0 Å². The molecule has 4 rings (SSSR count). The molecule has 0 aromatic heterocycles. The van der Waals surface area contributed by atoms with E-state index in [1.165, 1.54) is 21.7 Å². The molecule has 1 aliphatic rings. The third-order valence-corrected chi connectivity index (χ3v) is 8.46. The van der Waals surface area contributed by atoms with Crippen LogP contribution in [0.2, 0.25) is 0 Å². The van der Waals surface area contributed by atoms with Gasteiger partial charge >= 0.3 is 0 Å². The second-order valence-corrected chi connectivity index (χ2v) is 11.7. The summed E-state index contributed by atoms with van der Waals surface area (Å²) in [6.45, 7) is 8.34. The Morgan fingerprint density at radius 3 is 1.84 bits per heavy atom. The van der Waals surface area contributed by atoms with Gasteiger partial charge in [0.2, 0.25) is 15.9 Å². The SMILES string of the molecule is CCC(C(=O)N1CCN(C(c2ccccc2)c2ccccc2)CC1)N(c1ccc(C)c(C)c1)S(C)(=O)=O. The van der Waals surface area contributed by atoms with Gasteiger partial charge in [0.25, 0.3) is 0 Å². The minimum atomic E-state index is -3.66. The van der Waals surface area contributed by atoms with Gasteiger partial charge in [-0.25, -0.2) is 8.42 Å². The van der Waals surface area contributed by atoms with Crippen LogP contribution in [0.1, 0.15) is 41.6 Å². The lowest BCUT2D eigenvalue weighted by atomic mass is 9.96. The van der Waals surface area contributed by atoms with Gasteiger partial charge in [-0.15, -0.1) is 0 Å². The molecule has 3 aromatic carbocycles. The molecule has 1 saturated heterocycles. The van der Waals surface area contributed by atoms with E-state index in [1.807, 2.05) is 49.9 Å². The first-order valence-corrected chi connectivity index (χ1v) is 14.7. The molecule has 1 heterocycles. The predicted octanol–water partition coefficient (Wildman–Crippen LogP) is 4.78. The van der Waals surface area contributed by atoms with Crippen molar-refractivity contribution in [2.24, 2.45) is 0 Å². The van der Waals surface area contributed by atoms with Crippen LogP contribution in [-0.2, 0) is 14.8 Å². The molecular formula is C30H37N3O3S. The number of nitrogens with zero attached hydrogens (tertiary/aromatic N) is 3. The molecule has 1 unspecified atom stereocenters. The summed E-state index contributed by atoms with van der Waals surface area (Å²) < 4.78 is 27.1. The molecule has 0 bridgehead atoms. The fourth-order valence-corrected chi connectivity index (χ4v) is 6.40. The maximum atomic E-state index is 13.8. The molecular weight excluding hydrogens is 482 g/mol. The van der Waals surface area contributed by atoms with E-state index in [1.54, 1.807) is 6.07 Å². The van der Waals surface area contributed by atoms with Crippen molar-refractivity contribution in [3.05, 3.63) is 101 Å². The number of rotatable bonds is 8. The first-order valence-electron chi connectivity index (χ1n) is 12.9. The van der Waals surface area contributed by atoms with Crippen molar-refractivity contribution in [2.75, 3.05) is 36.7 Å². The summed E-state index contributed by atoms with van der Waals surface area (Å²) in [5.74, 6) is -0.137. The number of aryl methyl sites for hydroxylation is 2. The maximum Gasteiger partial charge on any atom is 0.246 e. The van der Waals surface area contributed by atoms with Crippen molar-refractivity contribution >= 4 is 21.6 Å². The van der Waals surface area contributed by atoms with E-state index in [2.05, 4.69) is 53.4 Å². The standard InChI is InChI=1S/C30H37N3O3S/c1-5-28(33(37(4,35)36)27-17-16-23(2)24(3)22-27)30(34)32-20-18-31(19-21-32)29(25-12-8-6-9-13-25)26-14-10-7-11-15-26/h6-17,22,28-29H,5,18-21H2,1-4H3. The van der Waals surface area contributed by atoms with Crippen LogP contribution >= 0.6 is 0 Å². The van der Waals surface area contributed by atoms with Gasteiger partial charge in [0.1, 0.15) is 6.04 Å². The Morgan fingerprint density at radius 1 is 0.838 bits per heavy atom. The highest BCUT2D eigenvalue weighted by atomic mass is 32.2. The van der Waals surface area contributed by atoms with Crippen LogP contribution in [0.15, 0.2) is 78.9 Å². The number of piperazine rings is 1. The van der Waals surface area contributed by atoms with Crippen LogP contribution in [0.4, 0.5) is 5.69 Å². The normalized spacial score (nSPS) is 15.5. The highest BCUT2D eigenvalue weighted by molar-refractivity contribution is 7.92. The smallest absolute Gasteiger partial charge is 0.246 e. The van der Waals surface area contributed by atoms with Gasteiger partial charge in [-0.1, -0.05) is 73.7 Å². The summed E-state index contributed by atoms with van der Waals surface area (Å²) in [4.78, 5) is 18.0. The molecule has 6 nitrogen and oxygen atoms in total. The Morgan fingerprint density at radius 2 is 1.38 bits per heavy atom. The number of hydrogen-bond acceptors (Lipinski definition) is 4. The van der Waals surface area contributed by atoms with E-state index in [9.17, 15) is 13.2 Å². The highest BCUT2D eigenvalue weighted by Crippen LogP contribution is 2.30. The minimum Gasteiger partial charge on any atom is -0.338 e. The monoisotopic (exact) mass is 519 g/mol. The van der Waals surface area contributed by atoms with E-state index in [4.69, 9.17) is 0 Å². The van der Waals surface area contributed by atoms with E-state index in [0.717, 1.165) is 11.1 Å². The van der Waals surface area contributed by atoms with E-state index >= 15 is 0 Å². The highest BCUT2D eigenvalue weighted by Gasteiger charge is 2.36. The second-order valence-electron chi connectivity index (χ2n) is 9.84. The molecule has 1 atom stereocenters. The molecule has 0 spiro atoms. The Hall–Kier alpha value is -3.16. The molecule has 0 saturated carbocycles. The zero-order valence-corrected chi connectivity index (χ0v) is 23.0. The maximum absolute atomic E-state index is 13.8. The lowest BCUT2D eigenvalue weighted by molar-refractivity contribution is -0.134. The molecule has 0 N–H and O–H groups in total. The summed E-state index contributed by atoms with van der Waals surface area (Å²) >= 11 is 0. The number of benzene rings is 3. The van der Waals surface area contributed by atoms with E-state index in [-0.39, 0.29) is 11.9 Å². The molecule has 196 valence electrons. The summed E-state index contributed by atoms with van der Waals surface area (Å²) in [5.41, 5.74) is 5.06. The van der Waals surface area contributed by atoms with Crippen molar-refractivity contribution in [1.29, 1.82) is 0 Å². The third-order valence-electron chi connectivity index (χ3n) is 7.28. The van der Waals surface area contributed by atoms with Gasteiger partial charge in [-0.3, -0.25) is 14.0 Å². The molecule has 1 fully saturated rings. The number of hydrogen-bond donors (Lipinski definition) is 0. The third kappa shape index (κ3) is 6.05. The van der Waals surface area contributed by atoms with Gasteiger partial charge in [0.15, 0.2) is 0 Å². The quantitative estimate of drug-likeness (QED) is 0.430. The molecule has 0 aliphatic carbocycles. The number of anilines is 1. The zero-order chi connectivity index (χ0) is 26.6. The second kappa shape index (κ2) is 11.5. The van der Waals surface area contributed by atoms with Crippen LogP contribution < -0.4 is 4.31 Å². The summed E-state index contributed by atoms with van der Waals surface area (Å²) in [6.07, 6.45) is 1.58. The van der Waals surface area contributed by atoms with E-state index in [0.29, 0.717) is 38.3 Å². The van der Waals surface area contributed by atoms with Crippen molar-refractivity contribution in [3.63, 3.8) is 0 Å². The van der Waals surface area contributed by atoms with Crippen molar-refractivity contribution < 1.29 is 13.2 Å². The Kier molecular flexibility index (Phi) is 8.35. The number of carbonyl (C=O) groups excluding carboxylic acids is 1. The molecule has 7 heteroatoms. The molecule has 3 aromatic rings. The molecule has 1 aliphatic heterocycles. The number of amides is 1. The van der Waals surface area contributed by atoms with Gasteiger partial charge < -0.3 is 4.90 Å². The largest absolute Gasteiger partial charge is 0.338 e. The average molecular weight is 520 g/mol. The topological polar surface area (TPSA) is 60.9 Å². The summed E-state index contributed by atoms with van der Waals surface area (Å²) in [5, 5.41) is 0. The van der Waals surface area contributed by atoms with Crippen LogP contribution in [0.25, 0.3) is 0 Å². The summed E-state index contributed by atoms with van der Waals surface area (Å²) in [7, 11) is -3.66. The molecule has 37 heavy (non-hydrogen) atoms. The minimum absolute atomic E-state index is 0.102. The first kappa shape index (κ1) is 26.9. The van der Waals surface area contributed by atoms with E-state index < -0.39 is 16.1 Å². The Balaban J connectivity index is 1.55. The predicted molar refractivity (Wildman–Crippen MR) is 150 cm³/mol. The van der Waals surface area contributed by atoms with Gasteiger partial charge in [0.05, 0.1) is 18.0 Å².